The second-order valence-corrected chi connectivity index (χ2v) is 4.79. The molecule has 0 radical (unpaired) electrons. The maximum Gasteiger partial charge on any atom is 0.231 e. The van der Waals surface area contributed by atoms with E-state index < -0.39 is 0 Å². The zero-order valence-electron chi connectivity index (χ0n) is 10.6. The number of fused-ring (bicyclic) bond motifs is 1. The fourth-order valence-electron chi connectivity index (χ4n) is 2.28. The first-order valence-corrected chi connectivity index (χ1v) is 6.50. The Labute approximate surface area is 124 Å². The number of anilines is 1. The van der Waals surface area contributed by atoms with Crippen LogP contribution < -0.4 is 15.2 Å². The quantitative estimate of drug-likeness (QED) is 0.779. The van der Waals surface area contributed by atoms with Crippen LogP contribution in [0.1, 0.15) is 0 Å². The average Bonchev–Trinajstić information content (AvgIpc) is 3.17. The van der Waals surface area contributed by atoms with Gasteiger partial charge < -0.3 is 24.1 Å². The highest BCUT2D eigenvalue weighted by molar-refractivity contribution is 6.31. The van der Waals surface area contributed by atoms with Crippen LogP contribution in [0.2, 0.25) is 5.22 Å². The summed E-state index contributed by atoms with van der Waals surface area (Å²) in [5, 5.41) is 4.20. The molecule has 3 heterocycles. The molecule has 0 amide bonds. The van der Waals surface area contributed by atoms with Gasteiger partial charge in [0, 0.05) is 0 Å². The van der Waals surface area contributed by atoms with Crippen LogP contribution in [0.25, 0.3) is 22.4 Å². The van der Waals surface area contributed by atoms with Crippen molar-refractivity contribution in [3.63, 3.8) is 0 Å². The number of halogens is 1. The van der Waals surface area contributed by atoms with E-state index in [1.165, 1.54) is 6.26 Å². The minimum absolute atomic E-state index is 0.195. The van der Waals surface area contributed by atoms with Gasteiger partial charge in [0.25, 0.3) is 0 Å². The van der Waals surface area contributed by atoms with Gasteiger partial charge in [0.15, 0.2) is 11.5 Å². The zero-order chi connectivity index (χ0) is 14.4. The van der Waals surface area contributed by atoms with E-state index in [0.717, 1.165) is 5.56 Å². The van der Waals surface area contributed by atoms with Crippen molar-refractivity contribution in [3.8, 4) is 33.9 Å². The summed E-state index contributed by atoms with van der Waals surface area (Å²) < 4.78 is 20.9. The molecule has 21 heavy (non-hydrogen) atoms. The SMILES string of the molecule is Nc1onc(-c2ccoc2Cl)c1-c1ccc2c(c1)OCO2. The molecule has 4 rings (SSSR count). The third-order valence-corrected chi connectivity index (χ3v) is 3.55. The number of rotatable bonds is 2. The van der Waals surface area contributed by atoms with Crippen LogP contribution >= 0.6 is 11.6 Å². The Bertz CT molecular complexity index is 824. The van der Waals surface area contributed by atoms with Gasteiger partial charge in [0.1, 0.15) is 5.69 Å². The Morgan fingerprint density at radius 3 is 2.81 bits per heavy atom. The molecule has 106 valence electrons. The molecule has 0 aliphatic carbocycles. The van der Waals surface area contributed by atoms with Crippen LogP contribution in [0.3, 0.4) is 0 Å². The summed E-state index contributed by atoms with van der Waals surface area (Å²) in [6.07, 6.45) is 1.48. The van der Waals surface area contributed by atoms with Gasteiger partial charge in [0.05, 0.1) is 17.4 Å². The molecule has 7 heteroatoms. The summed E-state index contributed by atoms with van der Waals surface area (Å²) in [5.74, 6) is 1.54. The van der Waals surface area contributed by atoms with Gasteiger partial charge in [0.2, 0.25) is 17.9 Å². The van der Waals surface area contributed by atoms with Crippen LogP contribution in [0.5, 0.6) is 11.5 Å². The van der Waals surface area contributed by atoms with Crippen molar-refractivity contribution in [1.82, 2.24) is 5.16 Å². The van der Waals surface area contributed by atoms with Gasteiger partial charge >= 0.3 is 0 Å². The smallest absolute Gasteiger partial charge is 0.231 e. The standard InChI is InChI=1S/C14H9ClN2O4/c15-13-8(3-4-18-13)12-11(14(16)21-17-12)7-1-2-9-10(5-7)20-6-19-9/h1-5H,6,16H2. The molecule has 0 atom stereocenters. The lowest BCUT2D eigenvalue weighted by molar-refractivity contribution is 0.174. The maximum atomic E-state index is 6.00. The topological polar surface area (TPSA) is 83.7 Å². The number of nitrogens with two attached hydrogens (primary N) is 1. The minimum atomic E-state index is 0.195. The molecule has 1 aromatic carbocycles. The van der Waals surface area contributed by atoms with Crippen molar-refractivity contribution in [2.45, 2.75) is 0 Å². The van der Waals surface area contributed by atoms with E-state index in [1.807, 2.05) is 18.2 Å². The Morgan fingerprint density at radius 2 is 2.00 bits per heavy atom. The monoisotopic (exact) mass is 304 g/mol. The predicted octanol–water partition coefficient (Wildman–Crippen LogP) is 3.57. The summed E-state index contributed by atoms with van der Waals surface area (Å²) >= 11 is 6.00. The van der Waals surface area contributed by atoms with Gasteiger partial charge in [-0.05, 0) is 35.4 Å². The molecular formula is C14H9ClN2O4. The maximum absolute atomic E-state index is 6.00. The number of benzene rings is 1. The predicted molar refractivity (Wildman–Crippen MR) is 75.2 cm³/mol. The van der Waals surface area contributed by atoms with E-state index in [9.17, 15) is 0 Å². The number of nitrogen functional groups attached to an aromatic ring is 1. The molecule has 2 aromatic heterocycles. The summed E-state index contributed by atoms with van der Waals surface area (Å²) in [6, 6.07) is 7.19. The van der Waals surface area contributed by atoms with Gasteiger partial charge in [-0.15, -0.1) is 0 Å². The van der Waals surface area contributed by atoms with Crippen LogP contribution in [0, 0.1) is 0 Å². The Morgan fingerprint density at radius 1 is 1.14 bits per heavy atom. The van der Waals surface area contributed by atoms with Gasteiger partial charge in [-0.2, -0.15) is 0 Å². The van der Waals surface area contributed by atoms with Crippen molar-refractivity contribution < 1.29 is 18.4 Å². The van der Waals surface area contributed by atoms with Crippen LogP contribution in [-0.4, -0.2) is 11.9 Å². The molecule has 0 saturated carbocycles. The first kappa shape index (κ1) is 12.2. The summed E-state index contributed by atoms with van der Waals surface area (Å²) in [7, 11) is 0. The number of hydrogen-bond acceptors (Lipinski definition) is 6. The lowest BCUT2D eigenvalue weighted by Gasteiger charge is -2.03. The lowest BCUT2D eigenvalue weighted by Crippen LogP contribution is -1.92. The summed E-state index contributed by atoms with van der Waals surface area (Å²) in [6.45, 7) is 0.207. The zero-order valence-corrected chi connectivity index (χ0v) is 11.4. The van der Waals surface area contributed by atoms with E-state index in [0.29, 0.717) is 28.3 Å². The molecule has 0 fully saturated rings. The van der Waals surface area contributed by atoms with Crippen molar-refractivity contribution in [1.29, 1.82) is 0 Å². The van der Waals surface area contributed by atoms with Gasteiger partial charge in [-0.3, -0.25) is 0 Å². The number of furan rings is 1. The lowest BCUT2D eigenvalue weighted by atomic mass is 10.0. The molecule has 2 N–H and O–H groups in total. The number of ether oxygens (including phenoxy) is 2. The number of nitrogens with zero attached hydrogens (tertiary/aromatic N) is 1. The molecule has 1 aliphatic heterocycles. The first-order chi connectivity index (χ1) is 10.2. The molecule has 0 unspecified atom stereocenters. The third-order valence-electron chi connectivity index (χ3n) is 3.25. The Balaban J connectivity index is 1.89. The molecule has 6 nitrogen and oxygen atoms in total. The fraction of sp³-hybridized carbons (Fsp3) is 0.0714. The van der Waals surface area contributed by atoms with Crippen molar-refractivity contribution >= 4 is 17.5 Å². The Hall–Kier alpha value is -2.60. The second kappa shape index (κ2) is 4.46. The molecule has 0 spiro atoms. The third kappa shape index (κ3) is 1.84. The molecule has 3 aromatic rings. The largest absolute Gasteiger partial charge is 0.454 e. The van der Waals surface area contributed by atoms with E-state index in [2.05, 4.69) is 5.16 Å². The number of aromatic nitrogens is 1. The Kier molecular flexibility index (Phi) is 2.58. The molecule has 0 saturated heterocycles. The average molecular weight is 305 g/mol. The normalized spacial score (nSPS) is 12.8. The highest BCUT2D eigenvalue weighted by atomic mass is 35.5. The van der Waals surface area contributed by atoms with Crippen LogP contribution in [-0.2, 0) is 0 Å². The van der Waals surface area contributed by atoms with E-state index in [1.54, 1.807) is 6.07 Å². The second-order valence-electron chi connectivity index (χ2n) is 4.45. The van der Waals surface area contributed by atoms with Gasteiger partial charge in [-0.25, -0.2) is 0 Å². The van der Waals surface area contributed by atoms with Crippen molar-refractivity contribution in [2.75, 3.05) is 12.5 Å². The van der Waals surface area contributed by atoms with Crippen LogP contribution in [0.15, 0.2) is 39.5 Å². The summed E-state index contributed by atoms with van der Waals surface area (Å²) in [4.78, 5) is 0. The molecular weight excluding hydrogens is 296 g/mol. The van der Waals surface area contributed by atoms with E-state index >= 15 is 0 Å². The highest BCUT2D eigenvalue weighted by Crippen LogP contribution is 2.42. The summed E-state index contributed by atoms with van der Waals surface area (Å²) in [5.41, 5.74) is 8.47. The molecule has 0 bridgehead atoms. The number of hydrogen-bond donors (Lipinski definition) is 1. The van der Waals surface area contributed by atoms with Crippen molar-refractivity contribution in [3.05, 3.63) is 35.7 Å². The highest BCUT2D eigenvalue weighted by Gasteiger charge is 2.23. The first-order valence-electron chi connectivity index (χ1n) is 6.12. The minimum Gasteiger partial charge on any atom is -0.454 e. The van der Waals surface area contributed by atoms with E-state index in [4.69, 9.17) is 35.7 Å². The molecule has 1 aliphatic rings. The fourth-order valence-corrected chi connectivity index (χ4v) is 2.48. The van der Waals surface area contributed by atoms with Crippen molar-refractivity contribution in [2.24, 2.45) is 0 Å². The van der Waals surface area contributed by atoms with Gasteiger partial charge in [-0.1, -0.05) is 11.2 Å². The van der Waals surface area contributed by atoms with Crippen LogP contribution in [0.4, 0.5) is 5.88 Å². The van der Waals surface area contributed by atoms with E-state index in [-0.39, 0.29) is 17.9 Å².